The smallest absolute Gasteiger partial charge is 0.313 e. The Balaban J connectivity index is 1.40. The topological polar surface area (TPSA) is 87.2 Å². The minimum absolute atomic E-state index is 0.362. The summed E-state index contributed by atoms with van der Waals surface area (Å²) in [6.07, 6.45) is 6.99. The minimum atomic E-state index is -0.636. The van der Waals surface area contributed by atoms with Crippen LogP contribution in [0.25, 0.3) is 0 Å². The van der Waals surface area contributed by atoms with Crippen molar-refractivity contribution in [1.82, 2.24) is 15.3 Å². The van der Waals surface area contributed by atoms with Gasteiger partial charge in [0.05, 0.1) is 6.20 Å². The van der Waals surface area contributed by atoms with Gasteiger partial charge >= 0.3 is 11.8 Å². The van der Waals surface area contributed by atoms with Crippen molar-refractivity contribution >= 4 is 23.3 Å². The third kappa shape index (κ3) is 4.76. The van der Waals surface area contributed by atoms with E-state index < -0.39 is 11.8 Å². The molecule has 25 heavy (non-hydrogen) atoms. The van der Waals surface area contributed by atoms with Gasteiger partial charge in [-0.3, -0.25) is 14.6 Å². The van der Waals surface area contributed by atoms with E-state index in [-0.39, 0.29) is 0 Å². The van der Waals surface area contributed by atoms with Gasteiger partial charge in [-0.25, -0.2) is 4.98 Å². The maximum Gasteiger partial charge on any atom is 0.313 e. The van der Waals surface area contributed by atoms with Gasteiger partial charge in [0.2, 0.25) is 0 Å². The Labute approximate surface area is 146 Å². The van der Waals surface area contributed by atoms with Crippen LogP contribution < -0.4 is 15.5 Å². The summed E-state index contributed by atoms with van der Waals surface area (Å²) in [5, 5.41) is 5.31. The molecule has 130 valence electrons. The van der Waals surface area contributed by atoms with Crippen molar-refractivity contribution in [3.63, 3.8) is 0 Å². The van der Waals surface area contributed by atoms with Crippen molar-refractivity contribution in [3.05, 3.63) is 48.9 Å². The van der Waals surface area contributed by atoms with Gasteiger partial charge in [0, 0.05) is 37.7 Å². The number of aromatic nitrogens is 2. The summed E-state index contributed by atoms with van der Waals surface area (Å²) in [6, 6.07) is 8.95. The molecule has 1 saturated heterocycles. The van der Waals surface area contributed by atoms with Crippen molar-refractivity contribution in [2.45, 2.75) is 12.8 Å². The first-order valence-electron chi connectivity index (χ1n) is 8.37. The van der Waals surface area contributed by atoms with Gasteiger partial charge in [-0.15, -0.1) is 0 Å². The van der Waals surface area contributed by atoms with Gasteiger partial charge in [0.25, 0.3) is 0 Å². The molecule has 7 nitrogen and oxygen atoms in total. The second kappa shape index (κ2) is 8.23. The first kappa shape index (κ1) is 16.9. The van der Waals surface area contributed by atoms with Crippen LogP contribution in [0.1, 0.15) is 12.8 Å². The average Bonchev–Trinajstić information content (AvgIpc) is 2.68. The van der Waals surface area contributed by atoms with Gasteiger partial charge in [-0.2, -0.15) is 0 Å². The molecule has 0 bridgehead atoms. The molecule has 1 fully saturated rings. The van der Waals surface area contributed by atoms with E-state index in [1.807, 2.05) is 6.07 Å². The van der Waals surface area contributed by atoms with Crippen molar-refractivity contribution in [3.8, 4) is 0 Å². The lowest BCUT2D eigenvalue weighted by molar-refractivity contribution is -0.136. The second-order valence-corrected chi connectivity index (χ2v) is 6.02. The molecule has 0 atom stereocenters. The number of hydrogen-bond acceptors (Lipinski definition) is 5. The van der Waals surface area contributed by atoms with Crippen LogP contribution in [0, 0.1) is 5.92 Å². The molecule has 0 unspecified atom stereocenters. The van der Waals surface area contributed by atoms with Gasteiger partial charge in [0.1, 0.15) is 5.82 Å². The van der Waals surface area contributed by atoms with E-state index in [0.29, 0.717) is 18.2 Å². The number of nitrogens with zero attached hydrogens (tertiary/aromatic N) is 3. The van der Waals surface area contributed by atoms with Gasteiger partial charge in [0.15, 0.2) is 0 Å². The quantitative estimate of drug-likeness (QED) is 0.823. The molecule has 3 rings (SSSR count). The Morgan fingerprint density at radius 3 is 2.52 bits per heavy atom. The molecule has 0 saturated carbocycles. The SMILES string of the molecule is O=C(NCC1CCN(c2cnccn2)CC1)C(=O)Nc1ccccc1. The molecule has 2 aromatic rings. The molecule has 1 aliphatic heterocycles. The normalized spacial score (nSPS) is 14.8. The van der Waals surface area contributed by atoms with Crippen LogP contribution in [0.2, 0.25) is 0 Å². The molecule has 7 heteroatoms. The second-order valence-electron chi connectivity index (χ2n) is 6.02. The molecule has 0 spiro atoms. The summed E-state index contributed by atoms with van der Waals surface area (Å²) in [4.78, 5) is 34.4. The van der Waals surface area contributed by atoms with E-state index in [1.54, 1.807) is 42.9 Å². The third-order valence-corrected chi connectivity index (χ3v) is 4.28. The summed E-state index contributed by atoms with van der Waals surface area (Å²) in [7, 11) is 0. The summed E-state index contributed by atoms with van der Waals surface area (Å²) in [5.74, 6) is 0.0111. The number of carbonyl (C=O) groups is 2. The fourth-order valence-electron chi connectivity index (χ4n) is 2.85. The zero-order valence-corrected chi connectivity index (χ0v) is 13.9. The van der Waals surface area contributed by atoms with Crippen molar-refractivity contribution < 1.29 is 9.59 Å². The van der Waals surface area contributed by atoms with Gasteiger partial charge < -0.3 is 15.5 Å². The Morgan fingerprint density at radius 1 is 1.08 bits per heavy atom. The number of piperidine rings is 1. The molecule has 1 aliphatic rings. The zero-order chi connectivity index (χ0) is 17.5. The lowest BCUT2D eigenvalue weighted by atomic mass is 9.97. The predicted molar refractivity (Wildman–Crippen MR) is 95.1 cm³/mol. The molecule has 2 heterocycles. The Bertz CT molecular complexity index is 700. The first-order chi connectivity index (χ1) is 12.2. The highest BCUT2D eigenvalue weighted by Gasteiger charge is 2.22. The molecule has 2 N–H and O–H groups in total. The van der Waals surface area contributed by atoms with Crippen LogP contribution >= 0.6 is 0 Å². The minimum Gasteiger partial charge on any atom is -0.355 e. The Hall–Kier alpha value is -2.96. The highest BCUT2D eigenvalue weighted by atomic mass is 16.2. The summed E-state index contributed by atoms with van der Waals surface area (Å²) < 4.78 is 0. The van der Waals surface area contributed by atoms with Gasteiger partial charge in [-0.1, -0.05) is 18.2 Å². The zero-order valence-electron chi connectivity index (χ0n) is 13.9. The summed E-state index contributed by atoms with van der Waals surface area (Å²) in [6.45, 7) is 2.25. The van der Waals surface area contributed by atoms with Crippen LogP contribution in [0.4, 0.5) is 11.5 Å². The highest BCUT2D eigenvalue weighted by Crippen LogP contribution is 2.20. The average molecular weight is 339 g/mol. The predicted octanol–water partition coefficient (Wildman–Crippen LogP) is 1.45. The molecular formula is C18H21N5O2. The van der Waals surface area contributed by atoms with Crippen molar-refractivity contribution in [2.24, 2.45) is 5.92 Å². The molecule has 1 aromatic carbocycles. The summed E-state index contributed by atoms with van der Waals surface area (Å²) >= 11 is 0. The lowest BCUT2D eigenvalue weighted by Gasteiger charge is -2.32. The lowest BCUT2D eigenvalue weighted by Crippen LogP contribution is -2.42. The van der Waals surface area contributed by atoms with E-state index in [9.17, 15) is 9.59 Å². The van der Waals surface area contributed by atoms with E-state index in [2.05, 4.69) is 25.5 Å². The Morgan fingerprint density at radius 2 is 1.84 bits per heavy atom. The number of anilines is 2. The van der Waals surface area contributed by atoms with E-state index in [0.717, 1.165) is 31.7 Å². The maximum absolute atomic E-state index is 11.9. The van der Waals surface area contributed by atoms with E-state index in [1.165, 1.54) is 0 Å². The van der Waals surface area contributed by atoms with E-state index in [4.69, 9.17) is 0 Å². The third-order valence-electron chi connectivity index (χ3n) is 4.28. The molecule has 1 aromatic heterocycles. The number of benzene rings is 1. The molecule has 2 amide bonds. The Kier molecular flexibility index (Phi) is 5.56. The number of amides is 2. The van der Waals surface area contributed by atoms with Crippen molar-refractivity contribution in [2.75, 3.05) is 29.9 Å². The van der Waals surface area contributed by atoms with Crippen LogP contribution in [-0.2, 0) is 9.59 Å². The first-order valence-corrected chi connectivity index (χ1v) is 8.37. The van der Waals surface area contributed by atoms with Crippen LogP contribution in [0.3, 0.4) is 0 Å². The maximum atomic E-state index is 11.9. The highest BCUT2D eigenvalue weighted by molar-refractivity contribution is 6.39. The van der Waals surface area contributed by atoms with Crippen LogP contribution in [0.5, 0.6) is 0 Å². The fraction of sp³-hybridized carbons (Fsp3) is 0.333. The van der Waals surface area contributed by atoms with Crippen LogP contribution in [0.15, 0.2) is 48.9 Å². The summed E-state index contributed by atoms with van der Waals surface area (Å²) in [5.41, 5.74) is 0.611. The number of nitrogens with one attached hydrogen (secondary N) is 2. The standard InChI is InChI=1S/C18H21N5O2/c24-17(18(25)22-15-4-2-1-3-5-15)21-12-14-6-10-23(11-7-14)16-13-19-8-9-20-16/h1-5,8-9,13-14H,6-7,10-12H2,(H,21,24)(H,22,25). The fourth-order valence-corrected chi connectivity index (χ4v) is 2.85. The molecule has 0 aliphatic carbocycles. The monoisotopic (exact) mass is 339 g/mol. The van der Waals surface area contributed by atoms with E-state index >= 15 is 0 Å². The number of rotatable bonds is 4. The van der Waals surface area contributed by atoms with Crippen LogP contribution in [-0.4, -0.2) is 41.4 Å². The molecular weight excluding hydrogens is 318 g/mol. The number of para-hydroxylation sites is 1. The number of hydrogen-bond donors (Lipinski definition) is 2. The van der Waals surface area contributed by atoms with Crippen molar-refractivity contribution in [1.29, 1.82) is 0 Å². The van der Waals surface area contributed by atoms with Gasteiger partial charge in [-0.05, 0) is 30.9 Å². The molecule has 0 radical (unpaired) electrons. The largest absolute Gasteiger partial charge is 0.355 e. The number of carbonyl (C=O) groups excluding carboxylic acids is 2.